The first-order valence-corrected chi connectivity index (χ1v) is 7.58. The van der Waals surface area contributed by atoms with Gasteiger partial charge in [-0.25, -0.2) is 13.2 Å². The Labute approximate surface area is 122 Å². The molecule has 0 unspecified atom stereocenters. The zero-order valence-electron chi connectivity index (χ0n) is 12.1. The smallest absolute Gasteiger partial charge is 0.330 e. The molecule has 1 aromatic heterocycles. The largest absolute Gasteiger partial charge is 0.395 e. The van der Waals surface area contributed by atoms with Crippen LogP contribution in [0.1, 0.15) is 0 Å². The lowest BCUT2D eigenvalue weighted by Crippen LogP contribution is -2.44. The van der Waals surface area contributed by atoms with Crippen molar-refractivity contribution in [3.05, 3.63) is 27.0 Å². The summed E-state index contributed by atoms with van der Waals surface area (Å²) in [5.74, 6) is 0. The molecule has 10 heteroatoms. The van der Waals surface area contributed by atoms with Crippen LogP contribution in [0.3, 0.4) is 0 Å². The van der Waals surface area contributed by atoms with Crippen molar-refractivity contribution in [1.82, 2.24) is 13.4 Å². The first-order valence-electron chi connectivity index (χ1n) is 6.14. The summed E-state index contributed by atoms with van der Waals surface area (Å²) in [4.78, 5) is 23.1. The Kier molecular flexibility index (Phi) is 5.84. The van der Waals surface area contributed by atoms with E-state index in [4.69, 9.17) is 9.84 Å². The Morgan fingerprint density at radius 3 is 2.43 bits per heavy atom. The lowest BCUT2D eigenvalue weighted by atomic mass is 10.6. The van der Waals surface area contributed by atoms with E-state index in [-0.39, 0.29) is 19.7 Å². The SMILES string of the molecule is COCCN(CCO)S(=O)(=O)c1cn(C)c(=O)n(C)c1=O. The second kappa shape index (κ2) is 6.98. The minimum Gasteiger partial charge on any atom is -0.395 e. The third-order valence-corrected chi connectivity index (χ3v) is 4.81. The zero-order chi connectivity index (χ0) is 16.2. The van der Waals surface area contributed by atoms with E-state index >= 15 is 0 Å². The van der Waals surface area contributed by atoms with Crippen LogP contribution in [0.4, 0.5) is 0 Å². The predicted octanol–water partition coefficient (Wildman–Crippen LogP) is -2.29. The van der Waals surface area contributed by atoms with Gasteiger partial charge in [-0.05, 0) is 0 Å². The van der Waals surface area contributed by atoms with Crippen LogP contribution in [-0.2, 0) is 28.9 Å². The molecule has 0 saturated heterocycles. The second-order valence-corrected chi connectivity index (χ2v) is 6.28. The molecule has 0 aliphatic carbocycles. The molecule has 21 heavy (non-hydrogen) atoms. The lowest BCUT2D eigenvalue weighted by molar-refractivity contribution is 0.168. The number of aryl methyl sites for hydroxylation is 1. The van der Waals surface area contributed by atoms with Gasteiger partial charge in [0.05, 0.1) is 13.2 Å². The summed E-state index contributed by atoms with van der Waals surface area (Å²) < 4.78 is 32.5. The highest BCUT2D eigenvalue weighted by Crippen LogP contribution is 2.10. The van der Waals surface area contributed by atoms with Gasteiger partial charge in [-0.3, -0.25) is 9.36 Å². The molecule has 1 aromatic rings. The number of sulfonamides is 1. The number of aliphatic hydroxyl groups is 1. The summed E-state index contributed by atoms with van der Waals surface area (Å²) in [7, 11) is -0.159. The van der Waals surface area contributed by atoms with Crippen molar-refractivity contribution in [3.63, 3.8) is 0 Å². The van der Waals surface area contributed by atoms with Crippen LogP contribution < -0.4 is 11.2 Å². The molecule has 0 amide bonds. The second-order valence-electron chi connectivity index (χ2n) is 4.37. The Bertz CT molecular complexity index is 706. The highest BCUT2D eigenvalue weighted by molar-refractivity contribution is 7.89. The topological polar surface area (TPSA) is 111 Å². The number of ether oxygens (including phenoxy) is 1. The number of hydrogen-bond acceptors (Lipinski definition) is 6. The quantitative estimate of drug-likeness (QED) is 0.605. The molecule has 120 valence electrons. The fraction of sp³-hybridized carbons (Fsp3) is 0.636. The van der Waals surface area contributed by atoms with Crippen LogP contribution >= 0.6 is 0 Å². The third-order valence-electron chi connectivity index (χ3n) is 2.93. The van der Waals surface area contributed by atoms with E-state index in [1.165, 1.54) is 21.2 Å². The van der Waals surface area contributed by atoms with E-state index in [2.05, 4.69) is 0 Å². The highest BCUT2D eigenvalue weighted by Gasteiger charge is 2.28. The van der Waals surface area contributed by atoms with Crippen LogP contribution in [-0.4, -0.2) is 60.4 Å². The summed E-state index contributed by atoms with van der Waals surface area (Å²) in [6.07, 6.45) is 0.983. The minimum absolute atomic E-state index is 0.00854. The van der Waals surface area contributed by atoms with Gasteiger partial charge in [0.2, 0.25) is 10.0 Å². The van der Waals surface area contributed by atoms with Gasteiger partial charge in [-0.2, -0.15) is 4.31 Å². The molecule has 0 aliphatic rings. The lowest BCUT2D eigenvalue weighted by Gasteiger charge is -2.21. The minimum atomic E-state index is -4.13. The van der Waals surface area contributed by atoms with E-state index < -0.39 is 32.8 Å². The number of rotatable bonds is 7. The Morgan fingerprint density at radius 1 is 1.29 bits per heavy atom. The molecule has 0 aromatic carbocycles. The summed E-state index contributed by atoms with van der Waals surface area (Å²) >= 11 is 0. The van der Waals surface area contributed by atoms with E-state index in [9.17, 15) is 18.0 Å². The van der Waals surface area contributed by atoms with Crippen molar-refractivity contribution in [2.45, 2.75) is 4.90 Å². The molecular weight excluding hydrogens is 302 g/mol. The summed E-state index contributed by atoms with van der Waals surface area (Å²) in [6, 6.07) is 0. The number of methoxy groups -OCH3 is 1. The number of nitrogens with zero attached hydrogens (tertiary/aromatic N) is 3. The average molecular weight is 321 g/mol. The molecule has 0 saturated carbocycles. The first kappa shape index (κ1) is 17.6. The molecule has 1 N–H and O–H groups in total. The number of hydrogen-bond donors (Lipinski definition) is 1. The van der Waals surface area contributed by atoms with Crippen molar-refractivity contribution in [2.75, 3.05) is 33.4 Å². The monoisotopic (exact) mass is 321 g/mol. The van der Waals surface area contributed by atoms with E-state index in [0.717, 1.165) is 19.6 Å². The van der Waals surface area contributed by atoms with Gasteiger partial charge in [-0.1, -0.05) is 0 Å². The molecule has 9 nitrogen and oxygen atoms in total. The normalized spacial score (nSPS) is 12.0. The van der Waals surface area contributed by atoms with Crippen LogP contribution in [0.5, 0.6) is 0 Å². The summed E-state index contributed by atoms with van der Waals surface area (Å²) in [5.41, 5.74) is -1.52. The van der Waals surface area contributed by atoms with Crippen LogP contribution in [0.25, 0.3) is 0 Å². The summed E-state index contributed by atoms with van der Waals surface area (Å²) in [5, 5.41) is 8.98. The Balaban J connectivity index is 3.41. The maximum absolute atomic E-state index is 12.5. The maximum atomic E-state index is 12.5. The van der Waals surface area contributed by atoms with Crippen molar-refractivity contribution in [1.29, 1.82) is 0 Å². The molecule has 0 spiro atoms. The fourth-order valence-corrected chi connectivity index (χ4v) is 3.31. The van der Waals surface area contributed by atoms with Gasteiger partial charge in [-0.15, -0.1) is 0 Å². The van der Waals surface area contributed by atoms with Gasteiger partial charge in [0.1, 0.15) is 0 Å². The van der Waals surface area contributed by atoms with Gasteiger partial charge >= 0.3 is 5.69 Å². The first-order chi connectivity index (χ1) is 9.77. The Hall–Kier alpha value is -1.49. The molecule has 0 atom stereocenters. The standard InChI is InChI=1S/C11H19N3O6S/c1-12-8-9(10(16)13(2)11(12)17)21(18,19)14(4-6-15)5-7-20-3/h8,15H,4-7H2,1-3H3. The van der Waals surface area contributed by atoms with Gasteiger partial charge < -0.3 is 14.4 Å². The van der Waals surface area contributed by atoms with E-state index in [1.54, 1.807) is 0 Å². The van der Waals surface area contributed by atoms with Crippen molar-refractivity contribution >= 4 is 10.0 Å². The maximum Gasteiger partial charge on any atom is 0.330 e. The molecule has 0 aliphatic heterocycles. The fourth-order valence-electron chi connectivity index (χ4n) is 1.75. The molecule has 0 fully saturated rings. The predicted molar refractivity (Wildman–Crippen MR) is 74.6 cm³/mol. The van der Waals surface area contributed by atoms with Crippen molar-refractivity contribution < 1.29 is 18.3 Å². The molecule has 0 radical (unpaired) electrons. The number of aliphatic hydroxyl groups excluding tert-OH is 1. The molecule has 1 rings (SSSR count). The molecule has 1 heterocycles. The van der Waals surface area contributed by atoms with Crippen molar-refractivity contribution in [2.24, 2.45) is 14.1 Å². The highest BCUT2D eigenvalue weighted by atomic mass is 32.2. The molecular formula is C11H19N3O6S. The van der Waals surface area contributed by atoms with Crippen molar-refractivity contribution in [3.8, 4) is 0 Å². The number of aromatic nitrogens is 2. The van der Waals surface area contributed by atoms with Crippen LogP contribution in [0.15, 0.2) is 20.7 Å². The van der Waals surface area contributed by atoms with E-state index in [1.807, 2.05) is 0 Å². The van der Waals surface area contributed by atoms with Gasteiger partial charge in [0.25, 0.3) is 5.56 Å². The third kappa shape index (κ3) is 3.59. The Morgan fingerprint density at radius 2 is 1.90 bits per heavy atom. The van der Waals surface area contributed by atoms with Gasteiger partial charge in [0, 0.05) is 40.5 Å². The molecule has 0 bridgehead atoms. The average Bonchev–Trinajstić information content (AvgIpc) is 2.44. The van der Waals surface area contributed by atoms with Crippen LogP contribution in [0.2, 0.25) is 0 Å². The van der Waals surface area contributed by atoms with Gasteiger partial charge in [0.15, 0.2) is 4.90 Å². The van der Waals surface area contributed by atoms with Crippen LogP contribution in [0, 0.1) is 0 Å². The zero-order valence-corrected chi connectivity index (χ0v) is 13.0. The van der Waals surface area contributed by atoms with E-state index in [0.29, 0.717) is 0 Å². The summed E-state index contributed by atoms with van der Waals surface area (Å²) in [6.45, 7) is -0.455.